The van der Waals surface area contributed by atoms with Gasteiger partial charge in [0.1, 0.15) is 5.75 Å². The first-order valence-corrected chi connectivity index (χ1v) is 6.61. The minimum atomic E-state index is 0.000557. The minimum Gasteiger partial charge on any atom is -0.483 e. The molecule has 0 fully saturated rings. The van der Waals surface area contributed by atoms with Crippen LogP contribution in [0.3, 0.4) is 0 Å². The minimum absolute atomic E-state index is 0.000557. The van der Waals surface area contributed by atoms with E-state index in [9.17, 15) is 4.79 Å². The molecule has 0 aliphatic carbocycles. The molecule has 0 atom stereocenters. The molecule has 4 nitrogen and oxygen atoms in total. The van der Waals surface area contributed by atoms with Gasteiger partial charge in [-0.25, -0.2) is 0 Å². The molecule has 1 aromatic rings. The molecule has 4 heteroatoms. The standard InChI is InChI=1S/C15H24N2O2/c1-6-17(5)14(18)10-19-15-11(2)7-13(9-16-4)8-12(15)3/h7-8,16H,6,9-10H2,1-5H3. The van der Waals surface area contributed by atoms with E-state index in [1.807, 2.05) is 27.8 Å². The van der Waals surface area contributed by atoms with Gasteiger partial charge in [-0.2, -0.15) is 0 Å². The molecule has 0 aliphatic heterocycles. The van der Waals surface area contributed by atoms with Crippen molar-refractivity contribution in [1.29, 1.82) is 0 Å². The Morgan fingerprint density at radius 1 is 1.32 bits per heavy atom. The lowest BCUT2D eigenvalue weighted by Crippen LogP contribution is -2.31. The Kier molecular flexibility index (Phi) is 5.83. The van der Waals surface area contributed by atoms with Gasteiger partial charge in [-0.05, 0) is 44.5 Å². The Morgan fingerprint density at radius 2 is 1.89 bits per heavy atom. The number of carbonyl (C=O) groups is 1. The third kappa shape index (κ3) is 4.24. The third-order valence-corrected chi connectivity index (χ3v) is 3.14. The number of hydrogen-bond acceptors (Lipinski definition) is 3. The van der Waals surface area contributed by atoms with Crippen LogP contribution in [0.15, 0.2) is 12.1 Å². The van der Waals surface area contributed by atoms with E-state index in [0.717, 1.165) is 23.4 Å². The van der Waals surface area contributed by atoms with Crippen molar-refractivity contribution in [3.8, 4) is 5.75 Å². The van der Waals surface area contributed by atoms with E-state index in [4.69, 9.17) is 4.74 Å². The van der Waals surface area contributed by atoms with E-state index in [1.54, 1.807) is 11.9 Å². The van der Waals surface area contributed by atoms with Crippen LogP contribution >= 0.6 is 0 Å². The van der Waals surface area contributed by atoms with Crippen LogP contribution in [-0.2, 0) is 11.3 Å². The number of carbonyl (C=O) groups excluding carboxylic acids is 1. The number of benzene rings is 1. The lowest BCUT2D eigenvalue weighted by atomic mass is 10.1. The summed E-state index contributed by atoms with van der Waals surface area (Å²) in [6.45, 7) is 7.59. The van der Waals surface area contributed by atoms with Gasteiger partial charge in [-0.3, -0.25) is 4.79 Å². The van der Waals surface area contributed by atoms with Crippen LogP contribution in [0.25, 0.3) is 0 Å². The average molecular weight is 264 g/mol. The first kappa shape index (κ1) is 15.5. The average Bonchev–Trinajstić information content (AvgIpc) is 2.36. The smallest absolute Gasteiger partial charge is 0.260 e. The zero-order valence-corrected chi connectivity index (χ0v) is 12.5. The summed E-state index contributed by atoms with van der Waals surface area (Å²) in [5.74, 6) is 0.818. The summed E-state index contributed by atoms with van der Waals surface area (Å²) in [5.41, 5.74) is 3.36. The van der Waals surface area contributed by atoms with Gasteiger partial charge < -0.3 is 15.0 Å². The van der Waals surface area contributed by atoms with Crippen LogP contribution in [0.5, 0.6) is 5.75 Å². The van der Waals surface area contributed by atoms with Gasteiger partial charge in [0.15, 0.2) is 6.61 Å². The van der Waals surface area contributed by atoms with Crippen LogP contribution in [0.4, 0.5) is 0 Å². The number of nitrogens with one attached hydrogen (secondary N) is 1. The fourth-order valence-electron chi connectivity index (χ4n) is 1.99. The van der Waals surface area contributed by atoms with Crippen molar-refractivity contribution in [3.05, 3.63) is 28.8 Å². The van der Waals surface area contributed by atoms with E-state index in [1.165, 1.54) is 5.56 Å². The Hall–Kier alpha value is -1.55. The molecule has 0 radical (unpaired) electrons. The van der Waals surface area contributed by atoms with E-state index in [-0.39, 0.29) is 12.5 Å². The van der Waals surface area contributed by atoms with Gasteiger partial charge in [0.25, 0.3) is 5.91 Å². The molecule has 106 valence electrons. The number of aryl methyl sites for hydroxylation is 2. The van der Waals surface area contributed by atoms with Gasteiger partial charge in [0, 0.05) is 20.1 Å². The molecule has 0 heterocycles. The van der Waals surface area contributed by atoms with E-state index < -0.39 is 0 Å². The normalized spacial score (nSPS) is 10.4. The maximum Gasteiger partial charge on any atom is 0.260 e. The summed E-state index contributed by atoms with van der Waals surface area (Å²) in [4.78, 5) is 13.4. The second-order valence-electron chi connectivity index (χ2n) is 4.79. The summed E-state index contributed by atoms with van der Waals surface area (Å²) in [6.07, 6.45) is 0. The summed E-state index contributed by atoms with van der Waals surface area (Å²) in [5, 5.41) is 3.13. The first-order valence-electron chi connectivity index (χ1n) is 6.61. The zero-order valence-electron chi connectivity index (χ0n) is 12.5. The highest BCUT2D eigenvalue weighted by molar-refractivity contribution is 5.77. The molecule has 1 amide bonds. The second kappa shape index (κ2) is 7.14. The van der Waals surface area contributed by atoms with Crippen molar-refractivity contribution < 1.29 is 9.53 Å². The monoisotopic (exact) mass is 264 g/mol. The molecular weight excluding hydrogens is 240 g/mol. The summed E-state index contributed by atoms with van der Waals surface area (Å²) >= 11 is 0. The Labute approximate surface area is 115 Å². The quantitative estimate of drug-likeness (QED) is 0.853. The van der Waals surface area contributed by atoms with Gasteiger partial charge in [0.05, 0.1) is 0 Å². The zero-order chi connectivity index (χ0) is 14.4. The topological polar surface area (TPSA) is 41.6 Å². The van der Waals surface area contributed by atoms with E-state index >= 15 is 0 Å². The highest BCUT2D eigenvalue weighted by Gasteiger charge is 2.11. The molecule has 0 saturated heterocycles. The highest BCUT2D eigenvalue weighted by Crippen LogP contribution is 2.24. The molecule has 1 rings (SSSR count). The van der Waals surface area contributed by atoms with Crippen LogP contribution in [0, 0.1) is 13.8 Å². The van der Waals surface area contributed by atoms with Gasteiger partial charge in [0.2, 0.25) is 0 Å². The lowest BCUT2D eigenvalue weighted by Gasteiger charge is -2.17. The van der Waals surface area contributed by atoms with Crippen LogP contribution in [0.1, 0.15) is 23.6 Å². The number of hydrogen-bond donors (Lipinski definition) is 1. The Morgan fingerprint density at radius 3 is 2.37 bits per heavy atom. The fourth-order valence-corrected chi connectivity index (χ4v) is 1.99. The molecular formula is C15H24N2O2. The highest BCUT2D eigenvalue weighted by atomic mass is 16.5. The van der Waals surface area contributed by atoms with Crippen LogP contribution < -0.4 is 10.1 Å². The number of likely N-dealkylation sites (N-methyl/N-ethyl adjacent to an activating group) is 1. The molecule has 0 bridgehead atoms. The molecule has 19 heavy (non-hydrogen) atoms. The van der Waals surface area contributed by atoms with E-state index in [0.29, 0.717) is 6.54 Å². The van der Waals surface area contributed by atoms with Crippen molar-refractivity contribution in [2.75, 3.05) is 27.2 Å². The number of ether oxygens (including phenoxy) is 1. The van der Waals surface area contributed by atoms with Gasteiger partial charge in [-0.1, -0.05) is 12.1 Å². The second-order valence-corrected chi connectivity index (χ2v) is 4.79. The maximum absolute atomic E-state index is 11.7. The molecule has 0 unspecified atom stereocenters. The maximum atomic E-state index is 11.7. The summed E-state index contributed by atoms with van der Waals surface area (Å²) in [7, 11) is 3.70. The lowest BCUT2D eigenvalue weighted by molar-refractivity contribution is -0.131. The molecule has 0 aromatic heterocycles. The van der Waals surface area contributed by atoms with E-state index in [2.05, 4.69) is 17.4 Å². The predicted molar refractivity (Wildman–Crippen MR) is 77.5 cm³/mol. The Balaban J connectivity index is 2.76. The third-order valence-electron chi connectivity index (χ3n) is 3.14. The van der Waals surface area contributed by atoms with Crippen LogP contribution in [-0.4, -0.2) is 38.1 Å². The molecule has 0 aliphatic rings. The molecule has 1 N–H and O–H groups in total. The molecule has 0 spiro atoms. The number of amides is 1. The molecule has 0 saturated carbocycles. The predicted octanol–water partition coefficient (Wildman–Crippen LogP) is 1.88. The van der Waals surface area contributed by atoms with Gasteiger partial charge >= 0.3 is 0 Å². The fraction of sp³-hybridized carbons (Fsp3) is 0.533. The van der Waals surface area contributed by atoms with Crippen molar-refractivity contribution in [2.24, 2.45) is 0 Å². The summed E-state index contributed by atoms with van der Waals surface area (Å²) < 4.78 is 5.67. The SMILES string of the molecule is CCN(C)C(=O)COc1c(C)cc(CNC)cc1C. The van der Waals surface area contributed by atoms with Crippen molar-refractivity contribution >= 4 is 5.91 Å². The Bertz CT molecular complexity index is 421. The van der Waals surface area contributed by atoms with Gasteiger partial charge in [-0.15, -0.1) is 0 Å². The number of rotatable bonds is 6. The number of nitrogens with zero attached hydrogens (tertiary/aromatic N) is 1. The first-order chi connectivity index (χ1) is 8.99. The summed E-state index contributed by atoms with van der Waals surface area (Å²) in [6, 6.07) is 4.18. The van der Waals surface area contributed by atoms with Crippen molar-refractivity contribution in [1.82, 2.24) is 10.2 Å². The van der Waals surface area contributed by atoms with Crippen molar-refractivity contribution in [2.45, 2.75) is 27.3 Å². The van der Waals surface area contributed by atoms with Crippen molar-refractivity contribution in [3.63, 3.8) is 0 Å². The molecule has 1 aromatic carbocycles. The largest absolute Gasteiger partial charge is 0.483 e. The van der Waals surface area contributed by atoms with Crippen LogP contribution in [0.2, 0.25) is 0 Å².